The van der Waals surface area contributed by atoms with Crippen molar-refractivity contribution in [3.8, 4) is 11.5 Å². The Labute approximate surface area is 203 Å². The van der Waals surface area contributed by atoms with Crippen molar-refractivity contribution in [1.82, 2.24) is 4.90 Å². The molecule has 3 aromatic rings. The van der Waals surface area contributed by atoms with Crippen molar-refractivity contribution in [2.45, 2.75) is 53.0 Å². The maximum absolute atomic E-state index is 12.4. The first-order chi connectivity index (χ1) is 16.5. The van der Waals surface area contributed by atoms with E-state index in [1.807, 2.05) is 74.2 Å². The van der Waals surface area contributed by atoms with Gasteiger partial charge in [0.2, 0.25) is 5.91 Å². The number of aryl methyl sites for hydroxylation is 1. The molecule has 34 heavy (non-hydrogen) atoms. The molecule has 0 heterocycles. The number of ether oxygens (including phenoxy) is 1. The summed E-state index contributed by atoms with van der Waals surface area (Å²) in [7, 11) is 0. The van der Waals surface area contributed by atoms with Gasteiger partial charge in [0.05, 0.1) is 6.42 Å². The highest BCUT2D eigenvalue weighted by Crippen LogP contribution is 2.26. The zero-order valence-electron chi connectivity index (χ0n) is 20.4. The monoisotopic (exact) mass is 461 g/mol. The van der Waals surface area contributed by atoms with Crippen LogP contribution in [0.3, 0.4) is 0 Å². The summed E-state index contributed by atoms with van der Waals surface area (Å²) < 4.78 is 5.91. The third-order valence-electron chi connectivity index (χ3n) is 5.23. The predicted octanol–water partition coefficient (Wildman–Crippen LogP) is 6.50. The largest absolute Gasteiger partial charge is 0.481 e. The van der Waals surface area contributed by atoms with Gasteiger partial charge in [-0.1, -0.05) is 81.4 Å². The number of para-hydroxylation sites is 1. The molecule has 5 nitrogen and oxygen atoms in total. The quantitative estimate of drug-likeness (QED) is 0.354. The van der Waals surface area contributed by atoms with Gasteiger partial charge in [0.1, 0.15) is 11.5 Å². The van der Waals surface area contributed by atoms with Gasteiger partial charge in [0, 0.05) is 25.1 Å². The van der Waals surface area contributed by atoms with Gasteiger partial charge in [-0.15, -0.1) is 0 Å². The molecule has 0 fully saturated rings. The Morgan fingerprint density at radius 1 is 0.853 bits per heavy atom. The number of hydrogen-bond donors (Lipinski definition) is 1. The smallest absolute Gasteiger partial charge is 0.307 e. The summed E-state index contributed by atoms with van der Waals surface area (Å²) in [6.07, 6.45) is 2.24. The van der Waals surface area contributed by atoms with Crippen molar-refractivity contribution in [3.63, 3.8) is 0 Å². The second-order valence-electron chi connectivity index (χ2n) is 7.68. The van der Waals surface area contributed by atoms with Crippen molar-refractivity contribution >= 4 is 11.9 Å². The minimum Gasteiger partial charge on any atom is -0.481 e. The third-order valence-corrected chi connectivity index (χ3v) is 5.23. The molecule has 1 N–H and O–H groups in total. The Morgan fingerprint density at radius 2 is 1.50 bits per heavy atom. The highest BCUT2D eigenvalue weighted by molar-refractivity contribution is 5.75. The maximum atomic E-state index is 12.4. The lowest BCUT2D eigenvalue weighted by atomic mass is 10.1. The fourth-order valence-corrected chi connectivity index (χ4v) is 3.56. The number of carboxylic acids is 1. The van der Waals surface area contributed by atoms with Gasteiger partial charge < -0.3 is 14.7 Å². The van der Waals surface area contributed by atoms with E-state index in [1.165, 1.54) is 5.56 Å². The van der Waals surface area contributed by atoms with Gasteiger partial charge in [-0.2, -0.15) is 0 Å². The van der Waals surface area contributed by atoms with E-state index in [2.05, 4.69) is 12.1 Å². The molecular formula is C29H35NO4. The first-order valence-corrected chi connectivity index (χ1v) is 11.9. The topological polar surface area (TPSA) is 66.8 Å². The standard InChI is InChI=1S/C27H29NO4.C2H6/c1-2-26(29)28(18-8-11-21-9-4-3-5-10-21)20-22-14-16-24(17-15-22)32-25-13-7-6-12-23(25)19-27(30)31;1-2/h3-7,9-10,12-17H,2,8,11,18-20H2,1H3,(H,30,31);1-2H3. The SMILES string of the molecule is CC.CCC(=O)N(CCCc1ccccc1)Cc1ccc(Oc2ccccc2CC(=O)O)cc1. The first kappa shape index (κ1) is 26.7. The molecule has 0 saturated carbocycles. The molecular weight excluding hydrogens is 426 g/mol. The van der Waals surface area contributed by atoms with E-state index < -0.39 is 5.97 Å². The van der Waals surface area contributed by atoms with Gasteiger partial charge in [0.25, 0.3) is 0 Å². The Balaban J connectivity index is 0.00000199. The molecule has 0 atom stereocenters. The molecule has 0 saturated heterocycles. The van der Waals surface area contributed by atoms with Crippen molar-refractivity contribution in [2.75, 3.05) is 6.54 Å². The molecule has 180 valence electrons. The lowest BCUT2D eigenvalue weighted by molar-refractivity contribution is -0.136. The van der Waals surface area contributed by atoms with Gasteiger partial charge in [-0.05, 0) is 42.2 Å². The van der Waals surface area contributed by atoms with Crippen LogP contribution in [-0.4, -0.2) is 28.4 Å². The van der Waals surface area contributed by atoms with E-state index in [0.29, 0.717) is 36.6 Å². The fraction of sp³-hybridized carbons (Fsp3) is 0.310. The van der Waals surface area contributed by atoms with Crippen LogP contribution in [0.4, 0.5) is 0 Å². The molecule has 0 aliphatic rings. The lowest BCUT2D eigenvalue weighted by Gasteiger charge is -2.22. The van der Waals surface area contributed by atoms with Crippen LogP contribution in [0.15, 0.2) is 78.9 Å². The number of benzene rings is 3. The molecule has 0 unspecified atom stereocenters. The van der Waals surface area contributed by atoms with Crippen LogP contribution in [0.2, 0.25) is 0 Å². The van der Waals surface area contributed by atoms with E-state index in [4.69, 9.17) is 9.84 Å². The first-order valence-electron chi connectivity index (χ1n) is 11.9. The van der Waals surface area contributed by atoms with Gasteiger partial charge in [0.15, 0.2) is 0 Å². The van der Waals surface area contributed by atoms with E-state index in [9.17, 15) is 9.59 Å². The van der Waals surface area contributed by atoms with E-state index >= 15 is 0 Å². The second-order valence-corrected chi connectivity index (χ2v) is 7.68. The highest BCUT2D eigenvalue weighted by Gasteiger charge is 2.13. The Bertz CT molecular complexity index is 1020. The molecule has 3 rings (SSSR count). The summed E-state index contributed by atoms with van der Waals surface area (Å²) >= 11 is 0. The van der Waals surface area contributed by atoms with Gasteiger partial charge >= 0.3 is 5.97 Å². The van der Waals surface area contributed by atoms with E-state index in [1.54, 1.807) is 18.2 Å². The highest BCUT2D eigenvalue weighted by atomic mass is 16.5. The average Bonchev–Trinajstić information content (AvgIpc) is 2.87. The van der Waals surface area contributed by atoms with E-state index in [-0.39, 0.29) is 12.3 Å². The van der Waals surface area contributed by atoms with E-state index in [0.717, 1.165) is 18.4 Å². The summed E-state index contributed by atoms with van der Waals surface area (Å²) in [6, 6.07) is 25.0. The van der Waals surface area contributed by atoms with Crippen molar-refractivity contribution in [3.05, 3.63) is 95.6 Å². The van der Waals surface area contributed by atoms with Crippen LogP contribution in [0.25, 0.3) is 0 Å². The number of amides is 1. The molecule has 0 aliphatic heterocycles. The molecule has 0 aliphatic carbocycles. The number of nitrogens with zero attached hydrogens (tertiary/aromatic N) is 1. The molecule has 0 spiro atoms. The summed E-state index contributed by atoms with van der Waals surface area (Å²) in [5.41, 5.74) is 2.93. The zero-order valence-corrected chi connectivity index (χ0v) is 20.4. The minimum atomic E-state index is -0.899. The molecule has 5 heteroatoms. The number of hydrogen-bond acceptors (Lipinski definition) is 3. The minimum absolute atomic E-state index is 0.0919. The molecule has 0 aromatic heterocycles. The normalized spacial score (nSPS) is 10.1. The fourth-order valence-electron chi connectivity index (χ4n) is 3.56. The maximum Gasteiger partial charge on any atom is 0.307 e. The Kier molecular flexibility index (Phi) is 11.4. The van der Waals surface area contributed by atoms with Crippen molar-refractivity contribution in [2.24, 2.45) is 0 Å². The average molecular weight is 462 g/mol. The number of rotatable bonds is 11. The van der Waals surface area contributed by atoms with Crippen LogP contribution in [0.5, 0.6) is 11.5 Å². The van der Waals surface area contributed by atoms with Crippen LogP contribution in [-0.2, 0) is 29.0 Å². The number of carbonyl (C=O) groups excluding carboxylic acids is 1. The van der Waals surface area contributed by atoms with Crippen LogP contribution in [0.1, 0.15) is 50.3 Å². The summed E-state index contributed by atoms with van der Waals surface area (Å²) in [5.74, 6) is 0.403. The Hall–Kier alpha value is -3.60. The predicted molar refractivity (Wildman–Crippen MR) is 136 cm³/mol. The number of aliphatic carboxylic acids is 1. The number of carboxylic acid groups (broad SMARTS) is 1. The summed E-state index contributed by atoms with van der Waals surface area (Å²) in [5, 5.41) is 9.08. The number of carbonyl (C=O) groups is 2. The lowest BCUT2D eigenvalue weighted by Crippen LogP contribution is -2.31. The molecule has 3 aromatic carbocycles. The summed E-state index contributed by atoms with van der Waals surface area (Å²) in [6.45, 7) is 7.15. The van der Waals surface area contributed by atoms with Crippen LogP contribution >= 0.6 is 0 Å². The van der Waals surface area contributed by atoms with Crippen molar-refractivity contribution in [1.29, 1.82) is 0 Å². The Morgan fingerprint density at radius 3 is 2.15 bits per heavy atom. The third kappa shape index (κ3) is 8.74. The zero-order chi connectivity index (χ0) is 24.8. The molecule has 1 amide bonds. The second kappa shape index (κ2) is 14.5. The van der Waals surface area contributed by atoms with Crippen LogP contribution < -0.4 is 4.74 Å². The molecule has 0 bridgehead atoms. The van der Waals surface area contributed by atoms with Crippen LogP contribution in [0, 0.1) is 0 Å². The molecule has 0 radical (unpaired) electrons. The van der Waals surface area contributed by atoms with Crippen molar-refractivity contribution < 1.29 is 19.4 Å². The van der Waals surface area contributed by atoms with Gasteiger partial charge in [-0.25, -0.2) is 0 Å². The summed E-state index contributed by atoms with van der Waals surface area (Å²) in [4.78, 5) is 25.4. The van der Waals surface area contributed by atoms with Gasteiger partial charge in [-0.3, -0.25) is 9.59 Å².